The average molecular weight is 504 g/mol. The number of hydrogen-bond donors (Lipinski definition) is 1. The lowest BCUT2D eigenvalue weighted by molar-refractivity contribution is 0.282. The summed E-state index contributed by atoms with van der Waals surface area (Å²) in [5.74, 6) is 0.814. The monoisotopic (exact) mass is 503 g/mol. The molecule has 1 aromatic carbocycles. The number of piperidine rings is 1. The first-order valence-corrected chi connectivity index (χ1v) is 13.6. The SMILES string of the molecule is C=C(S/C(C)=N\C)c1ccc2cnc(N/C(=C/C)c3ccnc(SC4CCN(C)CC4)c3)cc2c1. The van der Waals surface area contributed by atoms with Gasteiger partial charge in [-0.1, -0.05) is 36.5 Å². The topological polar surface area (TPSA) is 53.4 Å². The summed E-state index contributed by atoms with van der Waals surface area (Å²) in [6, 6.07) is 12.7. The van der Waals surface area contributed by atoms with E-state index in [2.05, 4.69) is 81.3 Å². The second-order valence-corrected chi connectivity index (χ2v) is 11.3. The first kappa shape index (κ1) is 25.5. The van der Waals surface area contributed by atoms with Gasteiger partial charge < -0.3 is 10.2 Å². The zero-order valence-corrected chi connectivity index (χ0v) is 22.5. The number of nitrogens with zero attached hydrogens (tertiary/aromatic N) is 4. The van der Waals surface area contributed by atoms with Gasteiger partial charge in [-0.25, -0.2) is 9.97 Å². The van der Waals surface area contributed by atoms with Gasteiger partial charge in [-0.05, 0) is 82.0 Å². The van der Waals surface area contributed by atoms with Crippen LogP contribution in [0, 0.1) is 0 Å². The smallest absolute Gasteiger partial charge is 0.130 e. The number of rotatable bonds is 7. The standard InChI is InChI=1S/C28H33N5S2/c1-6-26(22-9-12-30-28(17-22)35-25-10-13-33(5)14-11-25)32-27-16-24-15-21(7-8-23(24)18-31-27)19(2)34-20(3)29-4/h6-9,12,15-18,25H,2,10-11,13-14H2,1,3-5H3,(H,31,32)/b26-6+,29-20-. The molecule has 182 valence electrons. The van der Waals surface area contributed by atoms with E-state index in [0.29, 0.717) is 5.25 Å². The van der Waals surface area contributed by atoms with Gasteiger partial charge in [0.2, 0.25) is 0 Å². The second-order valence-electron chi connectivity index (χ2n) is 8.73. The molecule has 0 amide bonds. The molecule has 4 rings (SSSR count). The van der Waals surface area contributed by atoms with E-state index in [0.717, 1.165) is 61.5 Å². The molecule has 0 unspecified atom stereocenters. The van der Waals surface area contributed by atoms with E-state index in [9.17, 15) is 0 Å². The number of hydrogen-bond acceptors (Lipinski definition) is 7. The molecule has 1 aliphatic heterocycles. The van der Waals surface area contributed by atoms with Crippen LogP contribution in [0.4, 0.5) is 5.82 Å². The van der Waals surface area contributed by atoms with Crippen LogP contribution in [0.25, 0.3) is 21.4 Å². The zero-order valence-electron chi connectivity index (χ0n) is 20.9. The van der Waals surface area contributed by atoms with Crippen LogP contribution in [0.5, 0.6) is 0 Å². The molecule has 1 fully saturated rings. The Balaban J connectivity index is 1.50. The number of aromatic nitrogens is 2. The Kier molecular flexibility index (Phi) is 8.65. The molecule has 7 heteroatoms. The van der Waals surface area contributed by atoms with Gasteiger partial charge in [-0.15, -0.1) is 11.8 Å². The molecule has 5 nitrogen and oxygen atoms in total. The van der Waals surface area contributed by atoms with Crippen LogP contribution in [-0.2, 0) is 0 Å². The van der Waals surface area contributed by atoms with E-state index in [1.165, 1.54) is 12.8 Å². The Morgan fingerprint density at radius 1 is 1.11 bits per heavy atom. The molecule has 0 aliphatic carbocycles. The van der Waals surface area contributed by atoms with Gasteiger partial charge in [-0.2, -0.15) is 0 Å². The maximum atomic E-state index is 4.66. The van der Waals surface area contributed by atoms with Crippen molar-refractivity contribution in [3.8, 4) is 0 Å². The molecular formula is C28H33N5S2. The predicted molar refractivity (Wildman–Crippen MR) is 155 cm³/mol. The quantitative estimate of drug-likeness (QED) is 0.276. The number of thioether (sulfide) groups is 2. The molecule has 1 saturated heterocycles. The van der Waals surface area contributed by atoms with E-state index >= 15 is 0 Å². The fraction of sp³-hybridized carbons (Fsp3) is 0.321. The number of anilines is 1. The van der Waals surface area contributed by atoms with E-state index in [-0.39, 0.29) is 0 Å². The second kappa shape index (κ2) is 11.9. The van der Waals surface area contributed by atoms with Gasteiger partial charge in [0.1, 0.15) is 5.82 Å². The summed E-state index contributed by atoms with van der Waals surface area (Å²) in [6.07, 6.45) is 8.33. The number of benzene rings is 1. The van der Waals surface area contributed by atoms with E-state index in [1.807, 2.05) is 38.0 Å². The van der Waals surface area contributed by atoms with Gasteiger partial charge in [0.25, 0.3) is 0 Å². The molecule has 2 aromatic heterocycles. The maximum absolute atomic E-state index is 4.66. The number of aliphatic imine (C=N–C) groups is 1. The highest BCUT2D eigenvalue weighted by molar-refractivity contribution is 8.21. The Morgan fingerprint density at radius 3 is 2.66 bits per heavy atom. The Morgan fingerprint density at radius 2 is 1.91 bits per heavy atom. The van der Waals surface area contributed by atoms with Crippen molar-refractivity contribution in [3.63, 3.8) is 0 Å². The third-order valence-electron chi connectivity index (χ3n) is 6.18. The maximum Gasteiger partial charge on any atom is 0.130 e. The highest BCUT2D eigenvalue weighted by atomic mass is 32.2. The summed E-state index contributed by atoms with van der Waals surface area (Å²) in [5.41, 5.74) is 3.24. The molecule has 1 aliphatic rings. The average Bonchev–Trinajstić information content (AvgIpc) is 2.88. The molecule has 0 saturated carbocycles. The first-order chi connectivity index (χ1) is 16.9. The third kappa shape index (κ3) is 6.75. The van der Waals surface area contributed by atoms with Crippen molar-refractivity contribution >= 4 is 55.8 Å². The minimum atomic E-state index is 0.632. The van der Waals surface area contributed by atoms with Crippen LogP contribution in [0.15, 0.2) is 71.5 Å². The number of fused-ring (bicyclic) bond motifs is 1. The van der Waals surface area contributed by atoms with Gasteiger partial charge in [0, 0.05) is 46.2 Å². The van der Waals surface area contributed by atoms with Crippen LogP contribution in [0.2, 0.25) is 0 Å². The fourth-order valence-corrected chi connectivity index (χ4v) is 5.83. The van der Waals surface area contributed by atoms with Crippen molar-refractivity contribution < 1.29 is 0 Å². The van der Waals surface area contributed by atoms with Gasteiger partial charge in [0.15, 0.2) is 0 Å². The molecule has 0 radical (unpaired) electrons. The lowest BCUT2D eigenvalue weighted by Gasteiger charge is -2.28. The highest BCUT2D eigenvalue weighted by Crippen LogP contribution is 2.32. The van der Waals surface area contributed by atoms with Crippen molar-refractivity contribution in [1.29, 1.82) is 0 Å². The molecule has 3 aromatic rings. The first-order valence-electron chi connectivity index (χ1n) is 11.9. The molecule has 0 spiro atoms. The predicted octanol–water partition coefficient (Wildman–Crippen LogP) is 7.04. The normalized spacial score (nSPS) is 16.0. The van der Waals surface area contributed by atoms with Crippen molar-refractivity contribution in [3.05, 3.63) is 72.6 Å². The number of likely N-dealkylation sites (tertiary alicyclic amines) is 1. The molecule has 0 atom stereocenters. The van der Waals surface area contributed by atoms with Crippen LogP contribution in [0.3, 0.4) is 0 Å². The summed E-state index contributed by atoms with van der Waals surface area (Å²) in [4.78, 5) is 16.9. The van der Waals surface area contributed by atoms with Crippen molar-refractivity contribution in [1.82, 2.24) is 14.9 Å². The van der Waals surface area contributed by atoms with Gasteiger partial charge in [-0.3, -0.25) is 4.99 Å². The Hall–Kier alpha value is -2.61. The zero-order chi connectivity index (χ0) is 24.8. The van der Waals surface area contributed by atoms with E-state index in [4.69, 9.17) is 0 Å². The lowest BCUT2D eigenvalue weighted by atomic mass is 10.1. The third-order valence-corrected chi connectivity index (χ3v) is 8.41. The number of allylic oxidation sites excluding steroid dienone is 1. The van der Waals surface area contributed by atoms with Crippen LogP contribution in [-0.4, -0.2) is 52.3 Å². The summed E-state index contributed by atoms with van der Waals surface area (Å²) in [7, 11) is 4.00. The number of nitrogens with one attached hydrogen (secondary N) is 1. The molecular weight excluding hydrogens is 470 g/mol. The van der Waals surface area contributed by atoms with E-state index in [1.54, 1.807) is 18.8 Å². The largest absolute Gasteiger partial charge is 0.340 e. The minimum Gasteiger partial charge on any atom is -0.340 e. The molecule has 1 N–H and O–H groups in total. The fourth-order valence-electron chi connectivity index (χ4n) is 4.03. The summed E-state index contributed by atoms with van der Waals surface area (Å²) in [6.45, 7) is 10.6. The highest BCUT2D eigenvalue weighted by Gasteiger charge is 2.18. The van der Waals surface area contributed by atoms with Crippen molar-refractivity contribution in [2.75, 3.05) is 32.5 Å². The van der Waals surface area contributed by atoms with Crippen molar-refractivity contribution in [2.24, 2.45) is 4.99 Å². The minimum absolute atomic E-state index is 0.632. The molecule has 0 bridgehead atoms. The molecule has 3 heterocycles. The van der Waals surface area contributed by atoms with E-state index < -0.39 is 0 Å². The van der Waals surface area contributed by atoms with Gasteiger partial charge >= 0.3 is 0 Å². The molecule has 35 heavy (non-hydrogen) atoms. The Labute approximate surface area is 217 Å². The number of pyridine rings is 2. The summed E-state index contributed by atoms with van der Waals surface area (Å²) >= 11 is 3.50. The summed E-state index contributed by atoms with van der Waals surface area (Å²) in [5, 5.41) is 8.45. The van der Waals surface area contributed by atoms with Crippen molar-refractivity contribution in [2.45, 2.75) is 37.0 Å². The van der Waals surface area contributed by atoms with Crippen LogP contribution in [0.1, 0.15) is 37.8 Å². The summed E-state index contributed by atoms with van der Waals surface area (Å²) < 4.78 is 0. The van der Waals surface area contributed by atoms with Crippen LogP contribution < -0.4 is 5.32 Å². The van der Waals surface area contributed by atoms with Crippen LogP contribution >= 0.6 is 23.5 Å². The van der Waals surface area contributed by atoms with Gasteiger partial charge in [0.05, 0.1) is 10.1 Å². The lowest BCUT2D eigenvalue weighted by Crippen LogP contribution is -2.31. The Bertz CT molecular complexity index is 1260.